The second-order valence-electron chi connectivity index (χ2n) is 7.04. The van der Waals surface area contributed by atoms with Crippen LogP contribution in [0.2, 0.25) is 0 Å². The molecule has 152 valence electrons. The van der Waals surface area contributed by atoms with E-state index < -0.39 is 6.10 Å². The molecule has 0 saturated carbocycles. The molecule has 8 nitrogen and oxygen atoms in total. The summed E-state index contributed by atoms with van der Waals surface area (Å²) in [5.74, 6) is 0.217. The number of carbonyl (C=O) groups is 1. The van der Waals surface area contributed by atoms with Crippen LogP contribution in [-0.4, -0.2) is 53.4 Å². The first-order chi connectivity index (χ1) is 14.0. The normalized spacial score (nSPS) is 13.1. The first-order valence-corrected chi connectivity index (χ1v) is 9.32. The van der Waals surface area contributed by atoms with E-state index in [1.165, 1.54) is 6.39 Å². The molecule has 3 aromatic rings. The van der Waals surface area contributed by atoms with Crippen LogP contribution < -0.4 is 10.6 Å². The molecule has 1 aromatic heterocycles. The number of aliphatic hydroxyl groups is 1. The van der Waals surface area contributed by atoms with Gasteiger partial charge < -0.3 is 25.1 Å². The van der Waals surface area contributed by atoms with Crippen molar-refractivity contribution in [2.24, 2.45) is 5.92 Å². The number of amides is 2. The summed E-state index contributed by atoms with van der Waals surface area (Å²) >= 11 is 0. The van der Waals surface area contributed by atoms with Crippen molar-refractivity contribution in [3.8, 4) is 11.5 Å². The molecular weight excluding hydrogens is 370 g/mol. The van der Waals surface area contributed by atoms with Crippen LogP contribution in [-0.2, 0) is 0 Å². The summed E-state index contributed by atoms with van der Waals surface area (Å²) in [5, 5.41) is 23.9. The number of benzene rings is 2. The molecule has 0 radical (unpaired) electrons. The van der Waals surface area contributed by atoms with Gasteiger partial charge in [-0.05, 0) is 37.9 Å². The number of aromatic nitrogens is 2. The van der Waals surface area contributed by atoms with Crippen LogP contribution in [0.4, 0.5) is 10.5 Å². The summed E-state index contributed by atoms with van der Waals surface area (Å²) in [6.45, 7) is 0.951. The summed E-state index contributed by atoms with van der Waals surface area (Å²) in [4.78, 5) is 14.4. The highest BCUT2D eigenvalue weighted by Gasteiger charge is 2.22. The van der Waals surface area contributed by atoms with E-state index in [9.17, 15) is 9.90 Å². The molecule has 2 aromatic carbocycles. The van der Waals surface area contributed by atoms with Crippen LogP contribution in [0.1, 0.15) is 11.7 Å². The highest BCUT2D eigenvalue weighted by molar-refractivity contribution is 5.89. The second kappa shape index (κ2) is 9.81. The van der Waals surface area contributed by atoms with Crippen molar-refractivity contribution >= 4 is 11.7 Å². The molecule has 2 atom stereocenters. The van der Waals surface area contributed by atoms with Gasteiger partial charge in [-0.25, -0.2) is 4.79 Å². The van der Waals surface area contributed by atoms with Crippen LogP contribution in [0.3, 0.4) is 0 Å². The number of aliphatic hydroxyl groups excluding tert-OH is 1. The SMILES string of the molecule is CN(C)C[C@H](CNC(=O)Nc1cccc(-c2nnco2)c1)[C@@H](O)c1ccccc1. The molecule has 0 bridgehead atoms. The first kappa shape index (κ1) is 20.5. The minimum atomic E-state index is -0.681. The Balaban J connectivity index is 1.61. The lowest BCUT2D eigenvalue weighted by Crippen LogP contribution is -2.39. The predicted octanol–water partition coefficient (Wildman–Crippen LogP) is 2.77. The second-order valence-corrected chi connectivity index (χ2v) is 7.04. The van der Waals surface area contributed by atoms with Gasteiger partial charge in [-0.1, -0.05) is 36.4 Å². The molecular formula is C21H25N5O3. The van der Waals surface area contributed by atoms with Gasteiger partial charge in [0.15, 0.2) is 0 Å². The van der Waals surface area contributed by atoms with E-state index in [4.69, 9.17) is 4.42 Å². The third kappa shape index (κ3) is 5.87. The maximum atomic E-state index is 12.4. The maximum absolute atomic E-state index is 12.4. The third-order valence-electron chi connectivity index (χ3n) is 4.44. The van der Waals surface area contributed by atoms with Crippen molar-refractivity contribution in [1.29, 1.82) is 0 Å². The molecule has 1 heterocycles. The Labute approximate surface area is 169 Å². The Morgan fingerprint density at radius 3 is 2.66 bits per heavy atom. The molecule has 29 heavy (non-hydrogen) atoms. The number of anilines is 1. The van der Waals surface area contributed by atoms with E-state index in [0.29, 0.717) is 30.2 Å². The van der Waals surface area contributed by atoms with Crippen LogP contribution in [0.5, 0.6) is 0 Å². The van der Waals surface area contributed by atoms with Crippen molar-refractivity contribution in [3.63, 3.8) is 0 Å². The number of nitrogens with one attached hydrogen (secondary N) is 2. The summed E-state index contributed by atoms with van der Waals surface area (Å²) in [7, 11) is 3.88. The van der Waals surface area contributed by atoms with E-state index >= 15 is 0 Å². The summed E-state index contributed by atoms with van der Waals surface area (Å²) in [6, 6.07) is 16.3. The van der Waals surface area contributed by atoms with E-state index in [-0.39, 0.29) is 11.9 Å². The molecule has 0 unspecified atom stereocenters. The lowest BCUT2D eigenvalue weighted by molar-refractivity contribution is 0.0911. The van der Waals surface area contributed by atoms with E-state index in [2.05, 4.69) is 20.8 Å². The molecule has 0 saturated heterocycles. The molecule has 0 spiro atoms. The summed E-state index contributed by atoms with van der Waals surface area (Å²) < 4.78 is 5.18. The Hall–Kier alpha value is -3.23. The zero-order chi connectivity index (χ0) is 20.6. The minimum Gasteiger partial charge on any atom is -0.423 e. The average Bonchev–Trinajstić information content (AvgIpc) is 3.26. The highest BCUT2D eigenvalue weighted by Crippen LogP contribution is 2.23. The van der Waals surface area contributed by atoms with Crippen LogP contribution in [0.15, 0.2) is 65.4 Å². The van der Waals surface area contributed by atoms with Gasteiger partial charge in [-0.2, -0.15) is 0 Å². The van der Waals surface area contributed by atoms with Crippen molar-refractivity contribution < 1.29 is 14.3 Å². The number of nitrogens with zero attached hydrogens (tertiary/aromatic N) is 3. The lowest BCUT2D eigenvalue weighted by Gasteiger charge is -2.26. The molecule has 0 aliphatic carbocycles. The average molecular weight is 395 g/mol. The molecule has 8 heteroatoms. The number of hydrogen-bond acceptors (Lipinski definition) is 6. The molecule has 3 rings (SSSR count). The quantitative estimate of drug-likeness (QED) is 0.542. The molecule has 0 aliphatic heterocycles. The highest BCUT2D eigenvalue weighted by atomic mass is 16.4. The fourth-order valence-electron chi connectivity index (χ4n) is 3.10. The summed E-state index contributed by atoms with van der Waals surface area (Å²) in [6.07, 6.45) is 0.574. The van der Waals surface area contributed by atoms with Crippen molar-refractivity contribution in [1.82, 2.24) is 20.4 Å². The van der Waals surface area contributed by atoms with Gasteiger partial charge in [0.05, 0.1) is 6.10 Å². The molecule has 0 fully saturated rings. The van der Waals surface area contributed by atoms with Crippen LogP contribution in [0.25, 0.3) is 11.5 Å². The Morgan fingerprint density at radius 1 is 1.17 bits per heavy atom. The van der Waals surface area contributed by atoms with Gasteiger partial charge in [0.25, 0.3) is 0 Å². The summed E-state index contributed by atoms with van der Waals surface area (Å²) in [5.41, 5.74) is 2.14. The largest absolute Gasteiger partial charge is 0.423 e. The number of rotatable bonds is 8. The predicted molar refractivity (Wildman–Crippen MR) is 110 cm³/mol. The molecule has 2 amide bonds. The van der Waals surface area contributed by atoms with Gasteiger partial charge in [0.2, 0.25) is 12.3 Å². The number of urea groups is 1. The van der Waals surface area contributed by atoms with E-state index in [1.807, 2.05) is 55.4 Å². The minimum absolute atomic E-state index is 0.164. The third-order valence-corrected chi connectivity index (χ3v) is 4.44. The maximum Gasteiger partial charge on any atom is 0.319 e. The molecule has 0 aliphatic rings. The number of carbonyl (C=O) groups excluding carboxylic acids is 1. The zero-order valence-electron chi connectivity index (χ0n) is 16.4. The van der Waals surface area contributed by atoms with E-state index in [1.54, 1.807) is 18.2 Å². The smallest absolute Gasteiger partial charge is 0.319 e. The fourth-order valence-corrected chi connectivity index (χ4v) is 3.10. The monoisotopic (exact) mass is 395 g/mol. The lowest BCUT2D eigenvalue weighted by atomic mass is 9.95. The zero-order valence-corrected chi connectivity index (χ0v) is 16.4. The topological polar surface area (TPSA) is 104 Å². The molecule has 3 N–H and O–H groups in total. The van der Waals surface area contributed by atoms with Gasteiger partial charge in [0, 0.05) is 30.3 Å². The Bertz CT molecular complexity index is 900. The number of hydrogen-bond donors (Lipinski definition) is 3. The Kier molecular flexibility index (Phi) is 6.94. The van der Waals surface area contributed by atoms with Crippen LogP contribution in [0, 0.1) is 5.92 Å². The van der Waals surface area contributed by atoms with Gasteiger partial charge in [-0.3, -0.25) is 0 Å². The standard InChI is InChI=1S/C21H25N5O3/c1-26(2)13-17(19(27)15-7-4-3-5-8-15)12-22-21(28)24-18-10-6-9-16(11-18)20-25-23-14-29-20/h3-11,14,17,19,27H,12-13H2,1-2H3,(H2,22,24,28)/t17-,19-/m0/s1. The van der Waals surface area contributed by atoms with Crippen molar-refractivity contribution in [3.05, 3.63) is 66.6 Å². The van der Waals surface area contributed by atoms with Crippen LogP contribution >= 0.6 is 0 Å². The van der Waals surface area contributed by atoms with Gasteiger partial charge in [-0.15, -0.1) is 10.2 Å². The van der Waals surface area contributed by atoms with Crippen molar-refractivity contribution in [2.45, 2.75) is 6.10 Å². The van der Waals surface area contributed by atoms with Gasteiger partial charge >= 0.3 is 6.03 Å². The first-order valence-electron chi connectivity index (χ1n) is 9.32. The van der Waals surface area contributed by atoms with Crippen molar-refractivity contribution in [2.75, 3.05) is 32.5 Å². The van der Waals surface area contributed by atoms with Gasteiger partial charge in [0.1, 0.15) is 0 Å². The van der Waals surface area contributed by atoms with E-state index in [0.717, 1.165) is 5.56 Å². The Morgan fingerprint density at radius 2 is 1.97 bits per heavy atom. The fraction of sp³-hybridized carbons (Fsp3) is 0.286.